The Morgan fingerprint density at radius 2 is 1.37 bits per heavy atom. The number of aryl methyl sites for hydroxylation is 1. The number of hydrogen-bond acceptors (Lipinski definition) is 5. The van der Waals surface area contributed by atoms with Crippen molar-refractivity contribution in [3.05, 3.63) is 77.7 Å². The Morgan fingerprint density at radius 3 is 2.02 bits per heavy atom. The maximum atomic E-state index is 12.9. The summed E-state index contributed by atoms with van der Waals surface area (Å²) in [4.78, 5) is 10.5. The Hall–Kier alpha value is -1.99. The first kappa shape index (κ1) is 38.5. The van der Waals surface area contributed by atoms with Gasteiger partial charge in [0.1, 0.15) is 17.5 Å². The third-order valence-electron chi connectivity index (χ3n) is 8.98. The van der Waals surface area contributed by atoms with Gasteiger partial charge in [-0.15, -0.1) is 0 Å². The molecule has 0 fully saturated rings. The van der Waals surface area contributed by atoms with Crippen molar-refractivity contribution in [3.8, 4) is 0 Å². The minimum absolute atomic E-state index is 0.108. The van der Waals surface area contributed by atoms with Gasteiger partial charge in [-0.3, -0.25) is 13.9 Å². The van der Waals surface area contributed by atoms with Gasteiger partial charge in [-0.1, -0.05) is 139 Å². The normalized spacial score (nSPS) is 17.0. The molecule has 1 N–H and O–H groups in total. The highest BCUT2D eigenvalue weighted by Crippen LogP contribution is 2.45. The van der Waals surface area contributed by atoms with Gasteiger partial charge in [0.05, 0.1) is 33.9 Å². The first-order valence-electron chi connectivity index (χ1n) is 17.8. The number of unbranched alkanes of at least 4 members (excludes halogenated alkanes) is 13. The van der Waals surface area contributed by atoms with Crippen LogP contribution in [-0.2, 0) is 36.1 Å². The lowest BCUT2D eigenvalue weighted by atomic mass is 9.98. The summed E-state index contributed by atoms with van der Waals surface area (Å²) >= 11 is 0. The topological polar surface area (TPSA) is 74.2 Å². The molecule has 0 radical (unpaired) electrons. The largest absolute Gasteiger partial charge is 0.527 e. The van der Waals surface area contributed by atoms with E-state index in [0.29, 0.717) is 17.7 Å². The molecule has 0 bridgehead atoms. The van der Waals surface area contributed by atoms with E-state index in [1.54, 1.807) is 0 Å². The number of allylic oxidation sites excluding steroid dienone is 1. The molecule has 1 aliphatic rings. The third kappa shape index (κ3) is 14.8. The fourth-order valence-corrected chi connectivity index (χ4v) is 6.71. The molecule has 0 spiro atoms. The van der Waals surface area contributed by atoms with Crippen molar-refractivity contribution in [1.29, 1.82) is 0 Å². The Labute approximate surface area is 279 Å². The van der Waals surface area contributed by atoms with E-state index in [2.05, 4.69) is 33.2 Å². The van der Waals surface area contributed by atoms with Gasteiger partial charge in [-0.2, -0.15) is 0 Å². The second kappa shape index (κ2) is 21.8. The summed E-state index contributed by atoms with van der Waals surface area (Å²) in [5.74, 6) is 0. The van der Waals surface area contributed by atoms with Crippen molar-refractivity contribution in [3.63, 3.8) is 0 Å². The Morgan fingerprint density at radius 1 is 0.783 bits per heavy atom. The van der Waals surface area contributed by atoms with Gasteiger partial charge in [-0.05, 0) is 24.5 Å². The average Bonchev–Trinajstić information content (AvgIpc) is 3.05. The highest BCUT2D eigenvalue weighted by atomic mass is 31.2. The van der Waals surface area contributed by atoms with Gasteiger partial charge in [-0.25, -0.2) is 4.57 Å². The number of hydrogen-bond donors (Lipinski definition) is 1. The Balaban J connectivity index is 1.34. The van der Waals surface area contributed by atoms with Crippen molar-refractivity contribution in [1.82, 2.24) is 4.48 Å². The summed E-state index contributed by atoms with van der Waals surface area (Å²) in [5.41, 5.74) is 4.36. The van der Waals surface area contributed by atoms with Crippen LogP contribution in [0.2, 0.25) is 0 Å². The van der Waals surface area contributed by atoms with Crippen LogP contribution in [0.5, 0.6) is 0 Å². The Kier molecular flexibility index (Phi) is 18.2. The van der Waals surface area contributed by atoms with Gasteiger partial charge in [0, 0.05) is 18.6 Å². The maximum absolute atomic E-state index is 12.9. The molecule has 8 heteroatoms. The first-order valence-corrected chi connectivity index (χ1v) is 19.3. The van der Waals surface area contributed by atoms with Crippen LogP contribution in [0, 0.1) is 0 Å². The summed E-state index contributed by atoms with van der Waals surface area (Å²) in [6, 6.07) is 18.1. The van der Waals surface area contributed by atoms with E-state index in [1.165, 1.54) is 88.9 Å². The van der Waals surface area contributed by atoms with E-state index in [0.717, 1.165) is 42.6 Å². The molecule has 0 saturated carbocycles. The second-order valence-electron chi connectivity index (χ2n) is 13.2. The molecule has 0 saturated heterocycles. The van der Waals surface area contributed by atoms with E-state index in [9.17, 15) is 9.46 Å². The zero-order valence-corrected chi connectivity index (χ0v) is 29.8. The molecule has 0 aliphatic carbocycles. The molecule has 7 nitrogen and oxygen atoms in total. The van der Waals surface area contributed by atoms with E-state index < -0.39 is 13.9 Å². The van der Waals surface area contributed by atoms with E-state index >= 15 is 0 Å². The van der Waals surface area contributed by atoms with Gasteiger partial charge in [0.2, 0.25) is 0 Å². The highest BCUT2D eigenvalue weighted by Gasteiger charge is 2.34. The number of fused-ring (bicyclic) bond motifs is 1. The molecule has 2 atom stereocenters. The molecular weight excluding hydrogens is 597 g/mol. The van der Waals surface area contributed by atoms with Gasteiger partial charge < -0.3 is 14.0 Å². The quantitative estimate of drug-likeness (QED) is 0.0495. The molecule has 0 amide bonds. The molecule has 258 valence electrons. The third-order valence-corrected chi connectivity index (χ3v) is 9.83. The molecule has 0 aromatic heterocycles. The zero-order valence-electron chi connectivity index (χ0n) is 28.9. The molecule has 1 heterocycles. The van der Waals surface area contributed by atoms with Crippen LogP contribution in [-0.4, -0.2) is 44.9 Å². The van der Waals surface area contributed by atoms with Crippen molar-refractivity contribution >= 4 is 13.5 Å². The monoisotopic (exact) mass is 658 g/mol. The average molecular weight is 659 g/mol. The first-order chi connectivity index (χ1) is 22.3. The number of benzene rings is 2. The number of quaternary nitrogens is 1. The van der Waals surface area contributed by atoms with Crippen LogP contribution in [0.1, 0.15) is 114 Å². The van der Waals surface area contributed by atoms with Crippen molar-refractivity contribution in [2.24, 2.45) is 0 Å². The predicted molar refractivity (Wildman–Crippen MR) is 190 cm³/mol. The summed E-state index contributed by atoms with van der Waals surface area (Å²) in [6.45, 7) is 3.45. The summed E-state index contributed by atoms with van der Waals surface area (Å²) in [7, 11) is -0.238. The number of ether oxygens (including phenoxy) is 2. The molecule has 2 aromatic carbocycles. The fraction of sp³-hybridized carbons (Fsp3) is 0.632. The number of para-hydroxylation sites is 1. The number of rotatable bonds is 25. The predicted octanol–water partition coefficient (Wildman–Crippen LogP) is 10.3. The van der Waals surface area contributed by atoms with Crippen LogP contribution in [0.4, 0.5) is 5.69 Å². The van der Waals surface area contributed by atoms with Crippen LogP contribution in [0.15, 0.2) is 66.6 Å². The number of nitrogens with zero attached hydrogens (tertiary/aromatic N) is 1. The summed E-state index contributed by atoms with van der Waals surface area (Å²) in [5, 5.41) is 0. The lowest BCUT2D eigenvalue weighted by Crippen LogP contribution is -2.42. The molecule has 46 heavy (non-hydrogen) atoms. The molecule has 3 rings (SSSR count). The van der Waals surface area contributed by atoms with Crippen molar-refractivity contribution in [2.45, 2.75) is 122 Å². The van der Waals surface area contributed by atoms with Gasteiger partial charge in [0.15, 0.2) is 6.26 Å². The summed E-state index contributed by atoms with van der Waals surface area (Å²) < 4.78 is 36.1. The van der Waals surface area contributed by atoms with E-state index in [4.69, 9.17) is 18.5 Å². The number of phosphoric ester groups is 1. The van der Waals surface area contributed by atoms with Gasteiger partial charge >= 0.3 is 7.82 Å². The zero-order chi connectivity index (χ0) is 32.9. The number of phosphoric acid groups is 1. The molecule has 2 unspecified atom stereocenters. The molecule has 2 aromatic rings. The maximum Gasteiger partial charge on any atom is 0.527 e. The summed E-state index contributed by atoms with van der Waals surface area (Å²) in [6.07, 6.45) is 20.9. The smallest absolute Gasteiger partial charge is 0.406 e. The fourth-order valence-electron chi connectivity index (χ4n) is 6.04. The van der Waals surface area contributed by atoms with Crippen LogP contribution in [0.3, 0.4) is 0 Å². The van der Waals surface area contributed by atoms with Crippen LogP contribution in [0.25, 0.3) is 0 Å². The SMILES string of the molecule is CCCCCCCCCCCCCCCCOCC(COP(=O)(O)OC=C1CCc2ccccc2[N+]1(C)C)OCc1ccccc1. The lowest BCUT2D eigenvalue weighted by molar-refractivity contribution is -0.0495. The van der Waals surface area contributed by atoms with E-state index in [1.807, 2.05) is 42.5 Å². The van der Waals surface area contributed by atoms with Gasteiger partial charge in [0.25, 0.3) is 0 Å². The minimum Gasteiger partial charge on any atom is -0.406 e. The standard InChI is InChI=1S/C38H60NO6P/c1-4-5-6-7-8-9-10-11-12-13-14-15-16-22-29-42-32-37(43-30-34-23-18-17-19-24-34)33-45-46(40,41)44-31-36-28-27-35-25-20-21-26-38(35)39(36,2)3/h17-21,23-26,31,37H,4-16,22,27-30,32-33H2,1-3H3/p+1. The van der Waals surface area contributed by atoms with Crippen molar-refractivity contribution in [2.75, 3.05) is 33.9 Å². The minimum atomic E-state index is -4.35. The molecular formula is C38H61NO6P+. The Bertz CT molecular complexity index is 1170. The lowest BCUT2D eigenvalue weighted by Gasteiger charge is -2.36. The molecule has 1 aliphatic heterocycles. The van der Waals surface area contributed by atoms with E-state index in [-0.39, 0.29) is 13.2 Å². The highest BCUT2D eigenvalue weighted by molar-refractivity contribution is 7.47. The van der Waals surface area contributed by atoms with Crippen LogP contribution >= 0.6 is 7.82 Å². The van der Waals surface area contributed by atoms with Crippen LogP contribution < -0.4 is 4.48 Å². The van der Waals surface area contributed by atoms with Crippen molar-refractivity contribution < 1.29 is 28.0 Å². The second-order valence-corrected chi connectivity index (χ2v) is 14.6.